The van der Waals surface area contributed by atoms with E-state index in [2.05, 4.69) is 4.98 Å². The third-order valence-corrected chi connectivity index (χ3v) is 2.50. The van der Waals surface area contributed by atoms with Gasteiger partial charge in [0.1, 0.15) is 5.56 Å². The van der Waals surface area contributed by atoms with Gasteiger partial charge in [-0.05, 0) is 38.1 Å². The molecule has 0 spiro atoms. The average Bonchev–Trinajstić information content (AvgIpc) is 2.58. The molecule has 1 N–H and O–H groups in total. The number of carbonyl (C=O) groups is 1. The number of hydrogen-bond acceptors (Lipinski definition) is 2. The Morgan fingerprint density at radius 3 is 2.44 bits per heavy atom. The third-order valence-electron chi connectivity index (χ3n) is 2.50. The van der Waals surface area contributed by atoms with Crippen LogP contribution in [0.3, 0.4) is 0 Å². The fourth-order valence-electron chi connectivity index (χ4n) is 1.74. The summed E-state index contributed by atoms with van der Waals surface area (Å²) in [5, 5.41) is 9.09. The van der Waals surface area contributed by atoms with Crippen molar-refractivity contribution in [3.63, 3.8) is 0 Å². The zero-order valence-corrected chi connectivity index (χ0v) is 9.14. The lowest BCUT2D eigenvalue weighted by atomic mass is 10.2. The molecule has 0 aliphatic rings. The van der Waals surface area contributed by atoms with Crippen molar-refractivity contribution in [3.8, 4) is 5.82 Å². The normalized spacial score (nSPS) is 10.4. The van der Waals surface area contributed by atoms with E-state index in [9.17, 15) is 4.79 Å². The van der Waals surface area contributed by atoms with E-state index in [4.69, 9.17) is 5.11 Å². The number of carboxylic acid groups (broad SMARTS) is 1. The van der Waals surface area contributed by atoms with Crippen LogP contribution in [-0.4, -0.2) is 20.6 Å². The summed E-state index contributed by atoms with van der Waals surface area (Å²) in [5.74, 6) is -0.495. The molecular weight excluding hydrogens is 204 g/mol. The number of hydrogen-bond donors (Lipinski definition) is 1. The fraction of sp³-hybridized carbons (Fsp3) is 0.167. The Morgan fingerprint density at radius 1 is 1.25 bits per heavy atom. The van der Waals surface area contributed by atoms with Gasteiger partial charge in [-0.3, -0.25) is 0 Å². The van der Waals surface area contributed by atoms with Crippen LogP contribution in [0.25, 0.3) is 5.82 Å². The Kier molecular flexibility index (Phi) is 2.48. The summed E-state index contributed by atoms with van der Waals surface area (Å²) in [5.41, 5.74) is 2.15. The lowest BCUT2D eigenvalue weighted by Gasteiger charge is -2.10. The maximum atomic E-state index is 11.1. The van der Waals surface area contributed by atoms with Crippen molar-refractivity contribution < 1.29 is 9.90 Å². The van der Waals surface area contributed by atoms with Crippen molar-refractivity contribution in [3.05, 3.63) is 47.4 Å². The van der Waals surface area contributed by atoms with Gasteiger partial charge >= 0.3 is 5.97 Å². The van der Waals surface area contributed by atoms with Crippen LogP contribution in [0.15, 0.2) is 30.5 Å². The van der Waals surface area contributed by atoms with Crippen LogP contribution in [-0.2, 0) is 0 Å². The molecule has 4 heteroatoms. The highest BCUT2D eigenvalue weighted by Crippen LogP contribution is 2.17. The maximum Gasteiger partial charge on any atom is 0.339 e. The van der Waals surface area contributed by atoms with Crippen LogP contribution in [0.2, 0.25) is 0 Å². The minimum absolute atomic E-state index is 0.213. The molecule has 0 bridgehead atoms. The molecule has 0 fully saturated rings. The number of rotatable bonds is 2. The number of nitrogens with zero attached hydrogens (tertiary/aromatic N) is 2. The van der Waals surface area contributed by atoms with Crippen LogP contribution < -0.4 is 0 Å². The Labute approximate surface area is 93.2 Å². The molecule has 16 heavy (non-hydrogen) atoms. The minimum atomic E-state index is -0.962. The van der Waals surface area contributed by atoms with Gasteiger partial charge < -0.3 is 9.67 Å². The predicted octanol–water partition coefficient (Wildman–Crippen LogP) is 2.19. The summed E-state index contributed by atoms with van der Waals surface area (Å²) >= 11 is 0. The van der Waals surface area contributed by atoms with E-state index in [0.29, 0.717) is 5.82 Å². The van der Waals surface area contributed by atoms with E-state index >= 15 is 0 Å². The first kappa shape index (κ1) is 10.4. The first-order chi connectivity index (χ1) is 7.61. The summed E-state index contributed by atoms with van der Waals surface area (Å²) in [6.45, 7) is 3.85. The number of aromatic nitrogens is 2. The van der Waals surface area contributed by atoms with Crippen molar-refractivity contribution in [1.82, 2.24) is 9.55 Å². The van der Waals surface area contributed by atoms with E-state index in [1.807, 2.05) is 30.5 Å². The van der Waals surface area contributed by atoms with E-state index in [-0.39, 0.29) is 5.56 Å². The van der Waals surface area contributed by atoms with Gasteiger partial charge in [0.25, 0.3) is 0 Å². The third kappa shape index (κ3) is 1.58. The van der Waals surface area contributed by atoms with Crippen molar-refractivity contribution in [2.45, 2.75) is 13.8 Å². The molecule has 0 aromatic carbocycles. The van der Waals surface area contributed by atoms with Crippen LogP contribution in [0.1, 0.15) is 21.7 Å². The average molecular weight is 216 g/mol. The molecule has 0 aliphatic heterocycles. The molecule has 0 saturated heterocycles. The van der Waals surface area contributed by atoms with Gasteiger partial charge in [0, 0.05) is 17.6 Å². The lowest BCUT2D eigenvalue weighted by Crippen LogP contribution is -2.09. The number of aromatic carboxylic acids is 1. The van der Waals surface area contributed by atoms with Gasteiger partial charge in [0.2, 0.25) is 0 Å². The van der Waals surface area contributed by atoms with Gasteiger partial charge in [-0.15, -0.1) is 0 Å². The van der Waals surface area contributed by atoms with Crippen molar-refractivity contribution in [2.24, 2.45) is 0 Å². The first-order valence-corrected chi connectivity index (χ1v) is 4.95. The van der Waals surface area contributed by atoms with Crippen molar-refractivity contribution in [2.75, 3.05) is 0 Å². The van der Waals surface area contributed by atoms with Crippen LogP contribution in [0.5, 0.6) is 0 Å². The number of carboxylic acids is 1. The molecule has 82 valence electrons. The van der Waals surface area contributed by atoms with Gasteiger partial charge in [0.05, 0.1) is 0 Å². The largest absolute Gasteiger partial charge is 0.478 e. The molecule has 2 aromatic rings. The Hall–Kier alpha value is -2.10. The van der Waals surface area contributed by atoms with E-state index in [0.717, 1.165) is 11.4 Å². The zero-order valence-electron chi connectivity index (χ0n) is 9.14. The second kappa shape index (κ2) is 3.81. The van der Waals surface area contributed by atoms with E-state index in [1.165, 1.54) is 0 Å². The number of pyridine rings is 1. The lowest BCUT2D eigenvalue weighted by molar-refractivity contribution is 0.0696. The molecule has 0 unspecified atom stereocenters. The Morgan fingerprint density at radius 2 is 1.88 bits per heavy atom. The van der Waals surface area contributed by atoms with Crippen molar-refractivity contribution >= 4 is 5.97 Å². The molecule has 0 radical (unpaired) electrons. The van der Waals surface area contributed by atoms with Gasteiger partial charge in [-0.25, -0.2) is 9.78 Å². The fourth-order valence-corrected chi connectivity index (χ4v) is 1.74. The van der Waals surface area contributed by atoms with Gasteiger partial charge in [-0.1, -0.05) is 0 Å². The summed E-state index contributed by atoms with van der Waals surface area (Å²) < 4.78 is 1.84. The highest BCUT2D eigenvalue weighted by atomic mass is 16.4. The Bertz CT molecular complexity index is 524. The summed E-state index contributed by atoms with van der Waals surface area (Å²) in [6.07, 6.45) is 1.60. The predicted molar refractivity (Wildman–Crippen MR) is 60.0 cm³/mol. The molecular formula is C12H12N2O2. The molecule has 0 saturated carbocycles. The summed E-state index contributed by atoms with van der Waals surface area (Å²) in [4.78, 5) is 15.2. The minimum Gasteiger partial charge on any atom is -0.478 e. The first-order valence-electron chi connectivity index (χ1n) is 4.95. The molecule has 2 rings (SSSR count). The molecule has 4 nitrogen and oxygen atoms in total. The molecule has 0 amide bonds. The van der Waals surface area contributed by atoms with E-state index in [1.54, 1.807) is 18.3 Å². The molecule has 2 aromatic heterocycles. The summed E-state index contributed by atoms with van der Waals surface area (Å²) in [7, 11) is 0. The van der Waals surface area contributed by atoms with Crippen LogP contribution >= 0.6 is 0 Å². The standard InChI is InChI=1S/C12H12N2O2/c1-8-5-6-9(2)14(8)11-10(12(15)16)4-3-7-13-11/h3-7H,1-2H3,(H,15,16). The SMILES string of the molecule is Cc1ccc(C)n1-c1ncccc1C(=O)O. The second-order valence-electron chi connectivity index (χ2n) is 3.63. The summed E-state index contributed by atoms with van der Waals surface area (Å²) in [6, 6.07) is 7.07. The highest BCUT2D eigenvalue weighted by Gasteiger charge is 2.14. The maximum absolute atomic E-state index is 11.1. The van der Waals surface area contributed by atoms with Crippen LogP contribution in [0, 0.1) is 13.8 Å². The van der Waals surface area contributed by atoms with Crippen LogP contribution in [0.4, 0.5) is 0 Å². The monoisotopic (exact) mass is 216 g/mol. The Balaban J connectivity index is 2.69. The van der Waals surface area contributed by atoms with Gasteiger partial charge in [-0.2, -0.15) is 0 Å². The second-order valence-corrected chi connectivity index (χ2v) is 3.63. The van der Waals surface area contributed by atoms with Gasteiger partial charge in [0.15, 0.2) is 5.82 Å². The number of aryl methyl sites for hydroxylation is 2. The quantitative estimate of drug-likeness (QED) is 0.837. The van der Waals surface area contributed by atoms with Crippen molar-refractivity contribution in [1.29, 1.82) is 0 Å². The highest BCUT2D eigenvalue weighted by molar-refractivity contribution is 5.91. The van der Waals surface area contributed by atoms with E-state index < -0.39 is 5.97 Å². The molecule has 0 atom stereocenters. The molecule has 0 aliphatic carbocycles. The smallest absolute Gasteiger partial charge is 0.339 e. The molecule has 2 heterocycles. The zero-order chi connectivity index (χ0) is 11.7. The topological polar surface area (TPSA) is 55.1 Å².